The average Bonchev–Trinajstić information content (AvgIpc) is 2.85. The lowest BCUT2D eigenvalue weighted by molar-refractivity contribution is -0.137. The van der Waals surface area contributed by atoms with Gasteiger partial charge in [0.1, 0.15) is 5.25 Å². The van der Waals surface area contributed by atoms with Crippen molar-refractivity contribution >= 4 is 51.7 Å². The Kier molecular flexibility index (Phi) is 8.01. The molecule has 36 heavy (non-hydrogen) atoms. The molecule has 0 aliphatic carbocycles. The van der Waals surface area contributed by atoms with Gasteiger partial charge >= 0.3 is 6.18 Å². The first-order chi connectivity index (χ1) is 17.2. The van der Waals surface area contributed by atoms with E-state index >= 15 is 0 Å². The number of carbonyl (C=O) groups excluding carboxylic acids is 2. The van der Waals surface area contributed by atoms with Crippen LogP contribution in [0.15, 0.2) is 83.9 Å². The van der Waals surface area contributed by atoms with E-state index in [2.05, 4.69) is 10.3 Å². The molecule has 1 aliphatic heterocycles. The Hall–Kier alpha value is -3.30. The standard InChI is InChI=1S/C26H21ClF3N3O2S/c27-19-9-11-20(12-10-19)31-24(35)22-16-23(34)33(14-13-17-5-2-1-3-6-17)25(36-22)32-21-8-4-7-18(15-21)26(28,29)30/h1-12,15,22H,13-14,16H2,(H,31,35). The number of amidine groups is 1. The molecular formula is C26H21ClF3N3O2S. The van der Waals surface area contributed by atoms with Crippen molar-refractivity contribution in [1.29, 1.82) is 0 Å². The van der Waals surface area contributed by atoms with Crippen molar-refractivity contribution in [3.8, 4) is 0 Å². The molecule has 2 amide bonds. The predicted molar refractivity (Wildman–Crippen MR) is 136 cm³/mol. The first kappa shape index (κ1) is 25.8. The topological polar surface area (TPSA) is 61.8 Å². The van der Waals surface area contributed by atoms with Crippen molar-refractivity contribution in [3.63, 3.8) is 0 Å². The molecule has 10 heteroatoms. The third-order valence-corrected chi connectivity index (χ3v) is 6.85. The highest BCUT2D eigenvalue weighted by Gasteiger charge is 2.36. The number of nitrogens with one attached hydrogen (secondary N) is 1. The van der Waals surface area contributed by atoms with Crippen molar-refractivity contribution < 1.29 is 22.8 Å². The fourth-order valence-corrected chi connectivity index (χ4v) is 4.82. The second-order valence-electron chi connectivity index (χ2n) is 8.03. The molecule has 1 fully saturated rings. The molecule has 4 rings (SSSR count). The van der Waals surface area contributed by atoms with E-state index in [0.29, 0.717) is 17.1 Å². The lowest BCUT2D eigenvalue weighted by Gasteiger charge is -2.32. The largest absolute Gasteiger partial charge is 0.416 e. The first-order valence-electron chi connectivity index (χ1n) is 11.0. The SMILES string of the molecule is O=C(Nc1ccc(Cl)cc1)C1CC(=O)N(CCc2ccccc2)C(=Nc2cccc(C(F)(F)F)c2)S1. The fraction of sp³-hybridized carbons (Fsp3) is 0.192. The van der Waals surface area contributed by atoms with Gasteiger partial charge in [-0.3, -0.25) is 14.5 Å². The molecule has 1 heterocycles. The monoisotopic (exact) mass is 531 g/mol. The quantitative estimate of drug-likeness (QED) is 0.392. The number of rotatable bonds is 6. The van der Waals surface area contributed by atoms with Gasteiger partial charge in [0.05, 0.1) is 11.3 Å². The Balaban J connectivity index is 1.59. The summed E-state index contributed by atoms with van der Waals surface area (Å²) in [7, 11) is 0. The average molecular weight is 532 g/mol. The van der Waals surface area contributed by atoms with Crippen molar-refractivity contribution in [1.82, 2.24) is 4.90 Å². The molecule has 0 aromatic heterocycles. The molecule has 1 unspecified atom stereocenters. The molecular weight excluding hydrogens is 511 g/mol. The van der Waals surface area contributed by atoms with E-state index in [-0.39, 0.29) is 29.7 Å². The number of benzene rings is 3. The van der Waals surface area contributed by atoms with Crippen molar-refractivity contribution in [3.05, 3.63) is 95.0 Å². The number of amides is 2. The molecule has 3 aromatic rings. The van der Waals surface area contributed by atoms with E-state index in [1.54, 1.807) is 24.3 Å². The highest BCUT2D eigenvalue weighted by molar-refractivity contribution is 8.15. The zero-order valence-corrected chi connectivity index (χ0v) is 20.4. The Bertz CT molecular complexity index is 1270. The predicted octanol–water partition coefficient (Wildman–Crippen LogP) is 6.56. The van der Waals surface area contributed by atoms with E-state index in [1.165, 1.54) is 17.0 Å². The summed E-state index contributed by atoms with van der Waals surface area (Å²) in [5, 5.41) is 2.64. The molecule has 0 radical (unpaired) electrons. The molecule has 5 nitrogen and oxygen atoms in total. The van der Waals surface area contributed by atoms with Crippen LogP contribution < -0.4 is 5.32 Å². The summed E-state index contributed by atoms with van der Waals surface area (Å²) >= 11 is 6.94. The van der Waals surface area contributed by atoms with Gasteiger partial charge in [-0.05, 0) is 54.4 Å². The Morgan fingerprint density at radius 3 is 2.47 bits per heavy atom. The minimum atomic E-state index is -4.53. The van der Waals surface area contributed by atoms with Gasteiger partial charge in [-0.15, -0.1) is 0 Å². The van der Waals surface area contributed by atoms with Gasteiger partial charge in [0.25, 0.3) is 0 Å². The van der Waals surface area contributed by atoms with Gasteiger partial charge < -0.3 is 5.32 Å². The number of halogens is 4. The summed E-state index contributed by atoms with van der Waals surface area (Å²) in [4.78, 5) is 31.8. The number of alkyl halides is 3. The Morgan fingerprint density at radius 1 is 1.06 bits per heavy atom. The summed E-state index contributed by atoms with van der Waals surface area (Å²) in [5.41, 5.74) is 0.713. The normalized spacial score (nSPS) is 17.3. The highest BCUT2D eigenvalue weighted by atomic mass is 35.5. The van der Waals surface area contributed by atoms with Crippen LogP contribution in [-0.4, -0.2) is 33.7 Å². The summed E-state index contributed by atoms with van der Waals surface area (Å²) in [5.74, 6) is -0.734. The van der Waals surface area contributed by atoms with Gasteiger partial charge in [-0.25, -0.2) is 4.99 Å². The van der Waals surface area contributed by atoms with Crippen molar-refractivity contribution in [2.75, 3.05) is 11.9 Å². The van der Waals surface area contributed by atoms with Gasteiger partial charge in [0.15, 0.2) is 5.17 Å². The Morgan fingerprint density at radius 2 is 1.78 bits per heavy atom. The van der Waals surface area contributed by atoms with Crippen LogP contribution in [0.1, 0.15) is 17.5 Å². The van der Waals surface area contributed by atoms with E-state index in [0.717, 1.165) is 29.5 Å². The molecule has 3 aromatic carbocycles. The second kappa shape index (κ2) is 11.2. The molecule has 0 bridgehead atoms. The lowest BCUT2D eigenvalue weighted by atomic mass is 10.1. The number of thioether (sulfide) groups is 1. The van der Waals surface area contributed by atoms with Crippen LogP contribution in [0.25, 0.3) is 0 Å². The smallest absolute Gasteiger partial charge is 0.325 e. The minimum Gasteiger partial charge on any atom is -0.325 e. The zero-order valence-electron chi connectivity index (χ0n) is 18.8. The van der Waals surface area contributed by atoms with Gasteiger partial charge in [0.2, 0.25) is 11.8 Å². The molecule has 1 aliphatic rings. The van der Waals surface area contributed by atoms with E-state index in [4.69, 9.17) is 11.6 Å². The molecule has 1 saturated heterocycles. The number of anilines is 1. The van der Waals surface area contributed by atoms with E-state index in [1.807, 2.05) is 30.3 Å². The number of carbonyl (C=O) groups is 2. The third kappa shape index (κ3) is 6.67. The zero-order chi connectivity index (χ0) is 25.7. The van der Waals surface area contributed by atoms with Crippen LogP contribution >= 0.6 is 23.4 Å². The first-order valence-corrected chi connectivity index (χ1v) is 12.3. The number of nitrogens with zero attached hydrogens (tertiary/aromatic N) is 2. The third-order valence-electron chi connectivity index (χ3n) is 5.41. The van der Waals surface area contributed by atoms with Crippen LogP contribution in [0.3, 0.4) is 0 Å². The van der Waals surface area contributed by atoms with Gasteiger partial charge in [-0.2, -0.15) is 13.2 Å². The minimum absolute atomic E-state index is 0.0450. The summed E-state index contributed by atoms with van der Waals surface area (Å²) < 4.78 is 39.6. The second-order valence-corrected chi connectivity index (χ2v) is 9.64. The van der Waals surface area contributed by atoms with Gasteiger partial charge in [-0.1, -0.05) is 59.8 Å². The van der Waals surface area contributed by atoms with Crippen LogP contribution in [-0.2, 0) is 22.2 Å². The van der Waals surface area contributed by atoms with Crippen LogP contribution in [0.2, 0.25) is 5.02 Å². The number of hydrogen-bond donors (Lipinski definition) is 1. The van der Waals surface area contributed by atoms with Crippen LogP contribution in [0, 0.1) is 0 Å². The van der Waals surface area contributed by atoms with Crippen LogP contribution in [0.5, 0.6) is 0 Å². The summed E-state index contributed by atoms with van der Waals surface area (Å²) in [6.07, 6.45) is -4.07. The van der Waals surface area contributed by atoms with E-state index < -0.39 is 22.9 Å². The summed E-state index contributed by atoms with van der Waals surface area (Å²) in [6, 6.07) is 20.6. The molecule has 0 spiro atoms. The van der Waals surface area contributed by atoms with E-state index in [9.17, 15) is 22.8 Å². The van der Waals surface area contributed by atoms with Crippen LogP contribution in [0.4, 0.5) is 24.5 Å². The van der Waals surface area contributed by atoms with Gasteiger partial charge in [0, 0.05) is 23.7 Å². The fourth-order valence-electron chi connectivity index (χ4n) is 3.57. The number of hydrogen-bond acceptors (Lipinski definition) is 4. The van der Waals surface area contributed by atoms with Crippen molar-refractivity contribution in [2.24, 2.45) is 4.99 Å². The molecule has 0 saturated carbocycles. The van der Waals surface area contributed by atoms with Crippen molar-refractivity contribution in [2.45, 2.75) is 24.3 Å². The summed E-state index contributed by atoms with van der Waals surface area (Å²) in [6.45, 7) is 0.277. The molecule has 186 valence electrons. The Labute approximate surface area is 215 Å². The maximum atomic E-state index is 13.2. The maximum Gasteiger partial charge on any atom is 0.416 e. The molecule has 1 N–H and O–H groups in total. The molecule has 1 atom stereocenters. The highest BCUT2D eigenvalue weighted by Crippen LogP contribution is 2.34. The number of aliphatic imine (C=N–C) groups is 1. The maximum absolute atomic E-state index is 13.2. The lowest BCUT2D eigenvalue weighted by Crippen LogP contribution is -2.46.